The van der Waals surface area contributed by atoms with Crippen LogP contribution in [0.15, 0.2) is 28.7 Å². The van der Waals surface area contributed by atoms with Crippen LogP contribution in [0.3, 0.4) is 0 Å². The minimum absolute atomic E-state index is 0.359. The third-order valence-corrected chi connectivity index (χ3v) is 4.00. The van der Waals surface area contributed by atoms with Crippen molar-refractivity contribution in [2.45, 2.75) is 51.5 Å². The third kappa shape index (κ3) is 3.50. The molecule has 0 saturated heterocycles. The van der Waals surface area contributed by atoms with E-state index in [2.05, 4.69) is 53.6 Å². The molecule has 1 heterocycles. The number of nitrogens with one attached hydrogen (secondary N) is 1. The second-order valence-electron chi connectivity index (χ2n) is 6.12. The van der Waals surface area contributed by atoms with E-state index in [1.54, 1.807) is 0 Å². The van der Waals surface area contributed by atoms with Crippen LogP contribution < -0.4 is 5.32 Å². The monoisotopic (exact) mass is 285 g/mol. The van der Waals surface area contributed by atoms with Gasteiger partial charge < -0.3 is 9.73 Å². The zero-order chi connectivity index (χ0) is 14.7. The maximum absolute atomic E-state index is 5.86. The Morgan fingerprint density at radius 3 is 2.57 bits per heavy atom. The van der Waals surface area contributed by atoms with Crippen LogP contribution in [0, 0.1) is 0 Å². The molecule has 0 radical (unpaired) electrons. The zero-order valence-electron chi connectivity index (χ0n) is 12.8. The summed E-state index contributed by atoms with van der Waals surface area (Å²) in [6.45, 7) is 5.30. The lowest BCUT2D eigenvalue weighted by molar-refractivity contribution is 0.412. The number of rotatable bonds is 6. The van der Waals surface area contributed by atoms with Crippen molar-refractivity contribution in [2.75, 3.05) is 6.54 Å². The van der Waals surface area contributed by atoms with Crippen molar-refractivity contribution < 1.29 is 4.42 Å². The van der Waals surface area contributed by atoms with Crippen LogP contribution in [0.4, 0.5) is 0 Å². The topological polar surface area (TPSA) is 51.0 Å². The highest BCUT2D eigenvalue weighted by Gasteiger charge is 2.26. The van der Waals surface area contributed by atoms with E-state index in [0.29, 0.717) is 12.0 Å². The summed E-state index contributed by atoms with van der Waals surface area (Å²) in [5.74, 6) is 1.93. The predicted molar refractivity (Wildman–Crippen MR) is 82.3 cm³/mol. The second kappa shape index (κ2) is 6.39. The standard InChI is InChI=1S/C17H23N3O/c1-12(2)18-9-5-8-16-19-20-17(21-16)15-10-13-6-3-4-7-14(13)11-15/h3-4,6-7,12,15,18H,5,8-11H2,1-2H3. The number of aryl methyl sites for hydroxylation is 1. The molecule has 0 aliphatic heterocycles. The smallest absolute Gasteiger partial charge is 0.220 e. The van der Waals surface area contributed by atoms with Gasteiger partial charge in [-0.1, -0.05) is 38.1 Å². The highest BCUT2D eigenvalue weighted by molar-refractivity contribution is 5.34. The van der Waals surface area contributed by atoms with Crippen molar-refractivity contribution in [3.8, 4) is 0 Å². The van der Waals surface area contributed by atoms with Gasteiger partial charge in [-0.2, -0.15) is 0 Å². The first-order chi connectivity index (χ1) is 10.2. The Labute approximate surface area is 126 Å². The number of hydrogen-bond donors (Lipinski definition) is 1. The van der Waals surface area contributed by atoms with Crippen LogP contribution in [0.1, 0.15) is 49.1 Å². The van der Waals surface area contributed by atoms with E-state index >= 15 is 0 Å². The van der Waals surface area contributed by atoms with Crippen molar-refractivity contribution >= 4 is 0 Å². The summed E-state index contributed by atoms with van der Waals surface area (Å²) >= 11 is 0. The normalized spacial score (nSPS) is 14.8. The van der Waals surface area contributed by atoms with Crippen molar-refractivity contribution in [1.82, 2.24) is 15.5 Å². The summed E-state index contributed by atoms with van der Waals surface area (Å²) in [6, 6.07) is 9.12. The SMILES string of the molecule is CC(C)NCCCc1nnc(C2Cc3ccccc3C2)o1. The Bertz CT molecular complexity index is 566. The molecule has 0 unspecified atom stereocenters. The van der Waals surface area contributed by atoms with Gasteiger partial charge in [0, 0.05) is 18.4 Å². The molecule has 4 nitrogen and oxygen atoms in total. The fourth-order valence-electron chi connectivity index (χ4n) is 2.90. The maximum atomic E-state index is 5.86. The molecular weight excluding hydrogens is 262 g/mol. The average Bonchev–Trinajstić information content (AvgIpc) is 3.09. The van der Waals surface area contributed by atoms with Crippen LogP contribution in [0.2, 0.25) is 0 Å². The molecule has 0 amide bonds. The van der Waals surface area contributed by atoms with Crippen molar-refractivity contribution in [3.63, 3.8) is 0 Å². The summed E-state index contributed by atoms with van der Waals surface area (Å²) in [6.07, 6.45) is 3.93. The lowest BCUT2D eigenvalue weighted by Gasteiger charge is -2.05. The van der Waals surface area contributed by atoms with E-state index in [9.17, 15) is 0 Å². The van der Waals surface area contributed by atoms with Gasteiger partial charge in [-0.15, -0.1) is 10.2 Å². The van der Waals surface area contributed by atoms with Crippen LogP contribution in [0.25, 0.3) is 0 Å². The van der Waals surface area contributed by atoms with Gasteiger partial charge in [0.1, 0.15) is 0 Å². The lowest BCUT2D eigenvalue weighted by atomic mass is 10.1. The highest BCUT2D eigenvalue weighted by Crippen LogP contribution is 2.33. The van der Waals surface area contributed by atoms with Crippen molar-refractivity contribution in [3.05, 3.63) is 47.2 Å². The Balaban J connectivity index is 1.54. The number of hydrogen-bond acceptors (Lipinski definition) is 4. The van der Waals surface area contributed by atoms with E-state index in [-0.39, 0.29) is 0 Å². The van der Waals surface area contributed by atoms with Crippen LogP contribution >= 0.6 is 0 Å². The van der Waals surface area contributed by atoms with Gasteiger partial charge >= 0.3 is 0 Å². The number of benzene rings is 1. The summed E-state index contributed by atoms with van der Waals surface area (Å²) in [4.78, 5) is 0. The second-order valence-corrected chi connectivity index (χ2v) is 6.12. The molecule has 1 aliphatic rings. The first kappa shape index (κ1) is 14.3. The molecule has 0 bridgehead atoms. The fraction of sp³-hybridized carbons (Fsp3) is 0.529. The molecule has 0 atom stereocenters. The molecule has 1 aromatic carbocycles. The molecule has 2 aromatic rings. The van der Waals surface area contributed by atoms with E-state index in [4.69, 9.17) is 4.42 Å². The molecule has 0 fully saturated rings. The lowest BCUT2D eigenvalue weighted by Crippen LogP contribution is -2.23. The quantitative estimate of drug-likeness (QED) is 0.829. The summed E-state index contributed by atoms with van der Waals surface area (Å²) in [5, 5.41) is 11.9. The maximum Gasteiger partial charge on any atom is 0.220 e. The highest BCUT2D eigenvalue weighted by atomic mass is 16.4. The Hall–Kier alpha value is -1.68. The van der Waals surface area contributed by atoms with Gasteiger partial charge in [0.05, 0.1) is 0 Å². The first-order valence-electron chi connectivity index (χ1n) is 7.85. The number of aromatic nitrogens is 2. The van der Waals surface area contributed by atoms with Crippen LogP contribution in [-0.4, -0.2) is 22.8 Å². The third-order valence-electron chi connectivity index (χ3n) is 4.00. The summed E-state index contributed by atoms with van der Waals surface area (Å²) in [7, 11) is 0. The van der Waals surface area contributed by atoms with Gasteiger partial charge in [-0.05, 0) is 36.9 Å². The molecule has 4 heteroatoms. The predicted octanol–water partition coefficient (Wildman–Crippen LogP) is 2.88. The van der Waals surface area contributed by atoms with Gasteiger partial charge in [0.2, 0.25) is 11.8 Å². The van der Waals surface area contributed by atoms with Gasteiger partial charge in [-0.25, -0.2) is 0 Å². The van der Waals surface area contributed by atoms with E-state index in [1.165, 1.54) is 11.1 Å². The zero-order valence-corrected chi connectivity index (χ0v) is 12.8. The summed E-state index contributed by atoms with van der Waals surface area (Å²) < 4.78 is 5.86. The fourth-order valence-corrected chi connectivity index (χ4v) is 2.90. The largest absolute Gasteiger partial charge is 0.425 e. The molecule has 21 heavy (non-hydrogen) atoms. The van der Waals surface area contributed by atoms with Gasteiger partial charge in [0.25, 0.3) is 0 Å². The molecule has 0 saturated carbocycles. The van der Waals surface area contributed by atoms with E-state index < -0.39 is 0 Å². The Kier molecular flexibility index (Phi) is 4.34. The molecule has 1 aromatic heterocycles. The van der Waals surface area contributed by atoms with Crippen LogP contribution in [0.5, 0.6) is 0 Å². The van der Waals surface area contributed by atoms with E-state index in [0.717, 1.165) is 44.0 Å². The minimum Gasteiger partial charge on any atom is -0.425 e. The molecule has 112 valence electrons. The first-order valence-corrected chi connectivity index (χ1v) is 7.85. The average molecular weight is 285 g/mol. The Morgan fingerprint density at radius 2 is 1.90 bits per heavy atom. The summed E-state index contributed by atoms with van der Waals surface area (Å²) in [5.41, 5.74) is 2.84. The Morgan fingerprint density at radius 1 is 1.19 bits per heavy atom. The molecule has 1 aliphatic carbocycles. The van der Waals surface area contributed by atoms with Gasteiger partial charge in [0.15, 0.2) is 0 Å². The molecular formula is C17H23N3O. The minimum atomic E-state index is 0.359. The van der Waals surface area contributed by atoms with Crippen molar-refractivity contribution in [1.29, 1.82) is 0 Å². The molecule has 1 N–H and O–H groups in total. The van der Waals surface area contributed by atoms with Crippen LogP contribution in [-0.2, 0) is 19.3 Å². The number of fused-ring (bicyclic) bond motifs is 1. The van der Waals surface area contributed by atoms with E-state index in [1.807, 2.05) is 0 Å². The van der Waals surface area contributed by atoms with Gasteiger partial charge in [-0.3, -0.25) is 0 Å². The number of nitrogens with zero attached hydrogens (tertiary/aromatic N) is 2. The molecule has 0 spiro atoms. The van der Waals surface area contributed by atoms with Crippen molar-refractivity contribution in [2.24, 2.45) is 0 Å². The molecule has 3 rings (SSSR count).